The molecule has 0 spiro atoms. The number of anilines is 2. The molecule has 214 valence electrons. The molecule has 2 aliphatic carbocycles. The minimum Gasteiger partial charge on any atom is -0.497 e. The number of ether oxygens (including phenoxy) is 2. The van der Waals surface area contributed by atoms with Crippen molar-refractivity contribution >= 4 is 34.1 Å². The van der Waals surface area contributed by atoms with E-state index < -0.39 is 0 Å². The van der Waals surface area contributed by atoms with Crippen LogP contribution in [0.15, 0.2) is 54.9 Å². The van der Waals surface area contributed by atoms with Gasteiger partial charge in [0.2, 0.25) is 5.91 Å². The normalized spacial score (nSPS) is 18.1. The third kappa shape index (κ3) is 5.06. The van der Waals surface area contributed by atoms with Gasteiger partial charge in [0.05, 0.1) is 19.4 Å². The summed E-state index contributed by atoms with van der Waals surface area (Å²) in [5.74, 6) is 3.49. The van der Waals surface area contributed by atoms with Crippen LogP contribution in [0.5, 0.6) is 11.5 Å². The van der Waals surface area contributed by atoms with E-state index in [1.807, 2.05) is 60.6 Å². The minimum absolute atomic E-state index is 0.0158. The van der Waals surface area contributed by atoms with Crippen LogP contribution in [-0.2, 0) is 11.3 Å². The molecule has 11 nitrogen and oxygen atoms in total. The van der Waals surface area contributed by atoms with Gasteiger partial charge in [-0.05, 0) is 67.5 Å². The zero-order chi connectivity index (χ0) is 28.8. The molecule has 0 bridgehead atoms. The number of carbonyl (C=O) groups is 1. The molecule has 11 heteroatoms. The number of pyridine rings is 2. The SMILES string of the molecule is COc1ccc(CN(C)c2ncc(-c3nc4ccc(OC5CCC5)cn4n3)c3cc(NC(=O)[C@H]4C[C@H]4C)nnc23)cc1. The Kier molecular flexibility index (Phi) is 6.56. The molecular formula is C31H32N8O3. The largest absolute Gasteiger partial charge is 0.497 e. The number of hydrogen-bond donors (Lipinski definition) is 1. The van der Waals surface area contributed by atoms with Gasteiger partial charge in [-0.25, -0.2) is 14.5 Å². The summed E-state index contributed by atoms with van der Waals surface area (Å²) in [4.78, 5) is 24.3. The maximum atomic E-state index is 12.7. The molecule has 0 unspecified atom stereocenters. The highest BCUT2D eigenvalue weighted by atomic mass is 16.5. The van der Waals surface area contributed by atoms with Crippen molar-refractivity contribution in [2.45, 2.75) is 45.3 Å². The van der Waals surface area contributed by atoms with Crippen LogP contribution in [0, 0.1) is 11.8 Å². The summed E-state index contributed by atoms with van der Waals surface area (Å²) in [5.41, 5.74) is 3.07. The number of nitrogens with zero attached hydrogens (tertiary/aromatic N) is 7. The van der Waals surface area contributed by atoms with Crippen LogP contribution in [-0.4, -0.2) is 55.9 Å². The monoisotopic (exact) mass is 564 g/mol. The molecule has 5 aromatic rings. The summed E-state index contributed by atoms with van der Waals surface area (Å²) >= 11 is 0. The average Bonchev–Trinajstić information content (AvgIpc) is 3.57. The van der Waals surface area contributed by atoms with Gasteiger partial charge < -0.3 is 19.7 Å². The van der Waals surface area contributed by atoms with Crippen LogP contribution in [0.2, 0.25) is 0 Å². The lowest BCUT2D eigenvalue weighted by atomic mass is 9.96. The lowest BCUT2D eigenvalue weighted by Gasteiger charge is -2.26. The zero-order valence-corrected chi connectivity index (χ0v) is 23.8. The highest BCUT2D eigenvalue weighted by Crippen LogP contribution is 2.39. The van der Waals surface area contributed by atoms with Crippen molar-refractivity contribution in [3.8, 4) is 22.9 Å². The van der Waals surface area contributed by atoms with Gasteiger partial charge in [0.1, 0.15) is 17.0 Å². The average molecular weight is 565 g/mol. The first-order valence-corrected chi connectivity index (χ1v) is 14.3. The first-order valence-electron chi connectivity index (χ1n) is 14.3. The number of nitrogens with one attached hydrogen (secondary N) is 1. The first-order chi connectivity index (χ1) is 20.4. The Labute approximate surface area is 242 Å². The maximum absolute atomic E-state index is 12.7. The molecule has 2 atom stereocenters. The van der Waals surface area contributed by atoms with Gasteiger partial charge in [-0.2, -0.15) is 0 Å². The Morgan fingerprint density at radius 2 is 1.90 bits per heavy atom. The maximum Gasteiger partial charge on any atom is 0.228 e. The van der Waals surface area contributed by atoms with Crippen molar-refractivity contribution in [2.24, 2.45) is 11.8 Å². The topological polar surface area (TPSA) is 120 Å². The zero-order valence-electron chi connectivity index (χ0n) is 23.8. The number of aromatic nitrogens is 6. The van der Waals surface area contributed by atoms with Gasteiger partial charge in [-0.3, -0.25) is 4.79 Å². The molecule has 1 N–H and O–H groups in total. The predicted molar refractivity (Wildman–Crippen MR) is 159 cm³/mol. The first kappa shape index (κ1) is 26.1. The van der Waals surface area contributed by atoms with E-state index in [2.05, 4.69) is 22.4 Å². The number of rotatable bonds is 9. The van der Waals surface area contributed by atoms with E-state index in [4.69, 9.17) is 24.5 Å². The van der Waals surface area contributed by atoms with Crippen LogP contribution in [0.1, 0.15) is 38.2 Å². The van der Waals surface area contributed by atoms with Crippen LogP contribution >= 0.6 is 0 Å². The number of carbonyl (C=O) groups excluding carboxylic acids is 1. The van der Waals surface area contributed by atoms with Crippen molar-refractivity contribution in [2.75, 3.05) is 24.4 Å². The van der Waals surface area contributed by atoms with Crippen LogP contribution in [0.3, 0.4) is 0 Å². The molecule has 1 amide bonds. The van der Waals surface area contributed by atoms with E-state index in [-0.39, 0.29) is 17.9 Å². The fourth-order valence-electron chi connectivity index (χ4n) is 5.25. The second-order valence-corrected chi connectivity index (χ2v) is 11.3. The highest BCUT2D eigenvalue weighted by molar-refractivity contribution is 6.01. The van der Waals surface area contributed by atoms with Gasteiger partial charge in [-0.15, -0.1) is 15.3 Å². The van der Waals surface area contributed by atoms with Gasteiger partial charge >= 0.3 is 0 Å². The smallest absolute Gasteiger partial charge is 0.228 e. The van der Waals surface area contributed by atoms with Gasteiger partial charge in [0.15, 0.2) is 23.1 Å². The van der Waals surface area contributed by atoms with Crippen LogP contribution < -0.4 is 19.7 Å². The van der Waals surface area contributed by atoms with Crippen molar-refractivity contribution in [1.82, 2.24) is 29.8 Å². The Balaban J connectivity index is 1.26. The van der Waals surface area contributed by atoms with Crippen molar-refractivity contribution in [3.63, 3.8) is 0 Å². The molecule has 2 fully saturated rings. The van der Waals surface area contributed by atoms with Gasteiger partial charge in [0, 0.05) is 36.7 Å². The van der Waals surface area contributed by atoms with Crippen LogP contribution in [0.25, 0.3) is 27.9 Å². The number of fused-ring (bicyclic) bond motifs is 2. The number of benzene rings is 1. The van der Waals surface area contributed by atoms with Crippen molar-refractivity contribution in [3.05, 3.63) is 60.4 Å². The molecule has 42 heavy (non-hydrogen) atoms. The quantitative estimate of drug-likeness (QED) is 0.266. The molecule has 7 rings (SSSR count). The third-order valence-electron chi connectivity index (χ3n) is 8.15. The van der Waals surface area contributed by atoms with E-state index in [1.54, 1.807) is 17.8 Å². The van der Waals surface area contributed by atoms with E-state index in [1.165, 1.54) is 6.42 Å². The summed E-state index contributed by atoms with van der Waals surface area (Å²) in [6.07, 6.45) is 8.15. The fourth-order valence-corrected chi connectivity index (χ4v) is 5.25. The molecule has 2 aliphatic rings. The molecule has 4 aromatic heterocycles. The van der Waals surface area contributed by atoms with Gasteiger partial charge in [-0.1, -0.05) is 19.1 Å². The Morgan fingerprint density at radius 3 is 2.62 bits per heavy atom. The van der Waals surface area contributed by atoms with Gasteiger partial charge in [0.25, 0.3) is 0 Å². The predicted octanol–water partition coefficient (Wildman–Crippen LogP) is 4.91. The van der Waals surface area contributed by atoms with Crippen molar-refractivity contribution < 1.29 is 14.3 Å². The Bertz CT molecular complexity index is 1780. The van der Waals surface area contributed by atoms with Crippen molar-refractivity contribution in [1.29, 1.82) is 0 Å². The summed E-state index contributed by atoms with van der Waals surface area (Å²) in [7, 11) is 3.61. The Morgan fingerprint density at radius 1 is 1.12 bits per heavy atom. The number of hydrogen-bond acceptors (Lipinski definition) is 9. The molecule has 0 saturated heterocycles. The molecule has 2 saturated carbocycles. The molecular weight excluding hydrogens is 532 g/mol. The fraction of sp³-hybridized carbons (Fsp3) is 0.355. The third-order valence-corrected chi connectivity index (χ3v) is 8.15. The second-order valence-electron chi connectivity index (χ2n) is 11.3. The molecule has 0 aliphatic heterocycles. The van der Waals surface area contributed by atoms with E-state index >= 15 is 0 Å². The van der Waals surface area contributed by atoms with Crippen LogP contribution in [0.4, 0.5) is 11.6 Å². The Hall–Kier alpha value is -4.80. The molecule has 1 aromatic carbocycles. The molecule has 0 radical (unpaired) electrons. The molecule has 4 heterocycles. The summed E-state index contributed by atoms with van der Waals surface area (Å²) in [5, 5.41) is 17.4. The number of amides is 1. The summed E-state index contributed by atoms with van der Waals surface area (Å²) in [6, 6.07) is 13.6. The van der Waals surface area contributed by atoms with E-state index in [0.29, 0.717) is 46.7 Å². The lowest BCUT2D eigenvalue weighted by Crippen LogP contribution is -2.24. The standard InChI is InChI=1S/C31H32N8O3/c1-18-13-23(18)31(40)33-26-14-24-25(29-34-27-12-11-22(17-39(27)37-29)42-21-5-4-6-21)15-32-30(28(24)36-35-26)38(2)16-19-7-9-20(41-3)10-8-19/h7-12,14-15,17-18,21,23H,4-6,13,16H2,1-3H3,(H,33,35,40)/t18-,23+/m1/s1. The minimum atomic E-state index is -0.0338. The lowest BCUT2D eigenvalue weighted by molar-refractivity contribution is -0.117. The van der Waals surface area contributed by atoms with E-state index in [0.717, 1.165) is 41.7 Å². The highest BCUT2D eigenvalue weighted by Gasteiger charge is 2.39. The summed E-state index contributed by atoms with van der Waals surface area (Å²) in [6.45, 7) is 2.67. The second kappa shape index (κ2) is 10.6. The van der Waals surface area contributed by atoms with E-state index in [9.17, 15) is 4.79 Å². The number of methoxy groups -OCH3 is 1. The summed E-state index contributed by atoms with van der Waals surface area (Å²) < 4.78 is 13.1.